The summed E-state index contributed by atoms with van der Waals surface area (Å²) in [7, 11) is 0. The molecule has 4 nitrogen and oxygen atoms in total. The summed E-state index contributed by atoms with van der Waals surface area (Å²) in [4.78, 5) is 12.3. The van der Waals surface area contributed by atoms with Crippen LogP contribution in [0.1, 0.15) is 53.8 Å². The number of aromatic nitrogens is 3. The molecule has 0 bridgehead atoms. The Hall–Kier alpha value is -1.14. The Morgan fingerprint density at radius 3 is 2.55 bits per heavy atom. The van der Waals surface area contributed by atoms with Crippen LogP contribution in [-0.4, -0.2) is 26.3 Å². The fraction of sp³-hybridized carbons (Fsp3) is 0.438. The highest BCUT2D eigenvalue weighted by Crippen LogP contribution is 2.46. The quantitative estimate of drug-likeness (QED) is 0.558. The summed E-state index contributed by atoms with van der Waals surface area (Å²) in [5, 5.41) is 9.62. The fourth-order valence-electron chi connectivity index (χ4n) is 2.53. The van der Waals surface area contributed by atoms with Crippen molar-refractivity contribution in [2.45, 2.75) is 42.8 Å². The number of Topliss-reactive ketones (excluding diaryl/α,β-unsaturated/α-hetero) is 1. The second kappa shape index (κ2) is 5.81. The van der Waals surface area contributed by atoms with E-state index in [4.69, 9.17) is 0 Å². The molecule has 0 N–H and O–H groups in total. The Morgan fingerprint density at radius 2 is 1.91 bits per heavy atom. The van der Waals surface area contributed by atoms with Gasteiger partial charge in [0.05, 0.1) is 5.75 Å². The molecule has 114 valence electrons. The first kappa shape index (κ1) is 14.5. The van der Waals surface area contributed by atoms with Gasteiger partial charge in [0, 0.05) is 22.0 Å². The number of benzene rings is 1. The highest BCUT2D eigenvalue weighted by atomic mass is 79.9. The molecule has 1 aromatic heterocycles. The number of hydrogen-bond acceptors (Lipinski definition) is 4. The molecule has 0 aliphatic heterocycles. The maximum atomic E-state index is 12.3. The third-order valence-corrected chi connectivity index (χ3v) is 5.52. The van der Waals surface area contributed by atoms with Gasteiger partial charge in [-0.05, 0) is 37.8 Å². The topological polar surface area (TPSA) is 47.8 Å². The Morgan fingerprint density at radius 1 is 1.18 bits per heavy atom. The maximum Gasteiger partial charge on any atom is 0.191 e. The summed E-state index contributed by atoms with van der Waals surface area (Å²) in [5.41, 5.74) is 0.746. The van der Waals surface area contributed by atoms with E-state index in [2.05, 4.69) is 30.7 Å². The molecule has 4 rings (SSSR count). The van der Waals surface area contributed by atoms with Crippen molar-refractivity contribution in [1.82, 2.24) is 14.8 Å². The predicted octanol–water partition coefficient (Wildman–Crippen LogP) is 4.23. The van der Waals surface area contributed by atoms with Gasteiger partial charge in [0.1, 0.15) is 5.82 Å². The summed E-state index contributed by atoms with van der Waals surface area (Å²) in [6.07, 6.45) is 4.89. The molecule has 0 radical (unpaired) electrons. The first-order valence-corrected chi connectivity index (χ1v) is 9.36. The van der Waals surface area contributed by atoms with Crippen LogP contribution in [0.15, 0.2) is 33.9 Å². The molecule has 1 heterocycles. The maximum absolute atomic E-state index is 12.3. The molecule has 22 heavy (non-hydrogen) atoms. The van der Waals surface area contributed by atoms with E-state index in [0.29, 0.717) is 17.7 Å². The summed E-state index contributed by atoms with van der Waals surface area (Å²) in [6, 6.07) is 8.07. The Labute approximate surface area is 141 Å². The van der Waals surface area contributed by atoms with Gasteiger partial charge in [-0.3, -0.25) is 4.79 Å². The van der Waals surface area contributed by atoms with Gasteiger partial charge in [-0.1, -0.05) is 39.8 Å². The van der Waals surface area contributed by atoms with Crippen molar-refractivity contribution in [2.24, 2.45) is 0 Å². The van der Waals surface area contributed by atoms with E-state index >= 15 is 0 Å². The largest absolute Gasteiger partial charge is 0.303 e. The van der Waals surface area contributed by atoms with Crippen LogP contribution in [0.3, 0.4) is 0 Å². The van der Waals surface area contributed by atoms with Gasteiger partial charge in [-0.25, -0.2) is 0 Å². The summed E-state index contributed by atoms with van der Waals surface area (Å²) >= 11 is 4.90. The number of nitrogens with zero attached hydrogens (tertiary/aromatic N) is 3. The number of carbonyl (C=O) groups is 1. The summed E-state index contributed by atoms with van der Waals surface area (Å²) < 4.78 is 3.27. The molecule has 2 aliphatic rings. The lowest BCUT2D eigenvalue weighted by molar-refractivity contribution is 0.102. The van der Waals surface area contributed by atoms with Crippen molar-refractivity contribution in [1.29, 1.82) is 0 Å². The minimum absolute atomic E-state index is 0.135. The van der Waals surface area contributed by atoms with E-state index in [9.17, 15) is 4.79 Å². The van der Waals surface area contributed by atoms with E-state index in [1.165, 1.54) is 37.4 Å². The highest BCUT2D eigenvalue weighted by Gasteiger charge is 2.36. The number of thioether (sulfide) groups is 1. The fourth-order valence-corrected chi connectivity index (χ4v) is 3.70. The molecule has 2 aromatic rings. The number of hydrogen-bond donors (Lipinski definition) is 0. The molecule has 0 unspecified atom stereocenters. The van der Waals surface area contributed by atoms with Crippen molar-refractivity contribution >= 4 is 33.5 Å². The number of ketones is 1. The average molecular weight is 378 g/mol. The van der Waals surface area contributed by atoms with Gasteiger partial charge in [0.25, 0.3) is 0 Å². The van der Waals surface area contributed by atoms with Gasteiger partial charge in [0.15, 0.2) is 10.9 Å². The lowest BCUT2D eigenvalue weighted by atomic mass is 10.2. The van der Waals surface area contributed by atoms with E-state index in [0.717, 1.165) is 21.0 Å². The Balaban J connectivity index is 1.47. The van der Waals surface area contributed by atoms with Crippen molar-refractivity contribution in [3.63, 3.8) is 0 Å². The second-order valence-electron chi connectivity index (χ2n) is 5.93. The van der Waals surface area contributed by atoms with Gasteiger partial charge in [0.2, 0.25) is 0 Å². The Bertz CT molecular complexity index is 705. The van der Waals surface area contributed by atoms with Crippen LogP contribution >= 0.6 is 27.7 Å². The first-order chi connectivity index (χ1) is 10.7. The number of halogens is 1. The first-order valence-electron chi connectivity index (χ1n) is 7.59. The average Bonchev–Trinajstić information content (AvgIpc) is 3.44. The number of carbonyl (C=O) groups excluding carboxylic acids is 1. The molecule has 2 aliphatic carbocycles. The van der Waals surface area contributed by atoms with Crippen molar-refractivity contribution in [3.05, 3.63) is 40.1 Å². The van der Waals surface area contributed by atoms with Crippen LogP contribution in [0.25, 0.3) is 0 Å². The molecule has 0 amide bonds. The summed E-state index contributed by atoms with van der Waals surface area (Å²) in [6.45, 7) is 0. The Kier molecular flexibility index (Phi) is 3.82. The third-order valence-electron chi connectivity index (χ3n) is 4.04. The third kappa shape index (κ3) is 2.99. The standard InChI is InChI=1S/C16H16BrN3OS/c17-12-5-3-10(4-6-12)14(21)9-22-16-19-18-15(11-1-2-11)20(16)13-7-8-13/h3-6,11,13H,1-2,7-9H2. The zero-order chi connectivity index (χ0) is 15.1. The van der Waals surface area contributed by atoms with Gasteiger partial charge < -0.3 is 4.57 Å². The normalized spacial score (nSPS) is 17.7. The molecular formula is C16H16BrN3OS. The van der Waals surface area contributed by atoms with Crippen molar-refractivity contribution in [3.8, 4) is 0 Å². The van der Waals surface area contributed by atoms with Crippen LogP contribution in [0, 0.1) is 0 Å². The van der Waals surface area contributed by atoms with Gasteiger partial charge in [-0.15, -0.1) is 10.2 Å². The second-order valence-corrected chi connectivity index (χ2v) is 7.79. The van der Waals surface area contributed by atoms with Gasteiger partial charge in [-0.2, -0.15) is 0 Å². The number of rotatable bonds is 6. The molecule has 1 aromatic carbocycles. The SMILES string of the molecule is O=C(CSc1nnc(C2CC2)n1C1CC1)c1ccc(Br)cc1. The van der Waals surface area contributed by atoms with Crippen LogP contribution in [-0.2, 0) is 0 Å². The lowest BCUT2D eigenvalue weighted by Crippen LogP contribution is -2.06. The van der Waals surface area contributed by atoms with E-state index in [1.807, 2.05) is 24.3 Å². The molecule has 0 atom stereocenters. The zero-order valence-electron chi connectivity index (χ0n) is 12.0. The van der Waals surface area contributed by atoms with E-state index in [1.54, 1.807) is 0 Å². The van der Waals surface area contributed by atoms with Crippen LogP contribution < -0.4 is 0 Å². The minimum Gasteiger partial charge on any atom is -0.303 e. The van der Waals surface area contributed by atoms with Crippen molar-refractivity contribution < 1.29 is 4.79 Å². The minimum atomic E-state index is 0.135. The molecule has 6 heteroatoms. The van der Waals surface area contributed by atoms with Crippen LogP contribution in [0.5, 0.6) is 0 Å². The lowest BCUT2D eigenvalue weighted by Gasteiger charge is -2.07. The van der Waals surface area contributed by atoms with Crippen LogP contribution in [0.2, 0.25) is 0 Å². The molecule has 2 saturated carbocycles. The molecule has 0 spiro atoms. The summed E-state index contributed by atoms with van der Waals surface area (Å²) in [5.74, 6) is 2.29. The van der Waals surface area contributed by atoms with E-state index < -0.39 is 0 Å². The zero-order valence-corrected chi connectivity index (χ0v) is 14.4. The molecule has 0 saturated heterocycles. The van der Waals surface area contributed by atoms with Crippen molar-refractivity contribution in [2.75, 3.05) is 5.75 Å². The smallest absolute Gasteiger partial charge is 0.191 e. The molecule has 2 fully saturated rings. The highest BCUT2D eigenvalue weighted by molar-refractivity contribution is 9.10. The monoisotopic (exact) mass is 377 g/mol. The van der Waals surface area contributed by atoms with Gasteiger partial charge >= 0.3 is 0 Å². The predicted molar refractivity (Wildman–Crippen MR) is 89.5 cm³/mol. The van der Waals surface area contributed by atoms with E-state index in [-0.39, 0.29) is 5.78 Å². The van der Waals surface area contributed by atoms with Crippen LogP contribution in [0.4, 0.5) is 0 Å². The molecular weight excluding hydrogens is 362 g/mol.